The van der Waals surface area contributed by atoms with Crippen molar-refractivity contribution < 1.29 is 19.1 Å². The summed E-state index contributed by atoms with van der Waals surface area (Å²) >= 11 is 0. The number of nitrogens with zero attached hydrogens (tertiary/aromatic N) is 3. The number of hydrogen-bond donors (Lipinski definition) is 1. The molecule has 31 heavy (non-hydrogen) atoms. The number of aryl methyl sites for hydroxylation is 3. The summed E-state index contributed by atoms with van der Waals surface area (Å²) in [7, 11) is 0. The van der Waals surface area contributed by atoms with E-state index < -0.39 is 18.0 Å². The van der Waals surface area contributed by atoms with Crippen molar-refractivity contribution in [1.29, 1.82) is 0 Å². The Balaban J connectivity index is 1.71. The van der Waals surface area contributed by atoms with E-state index in [0.29, 0.717) is 16.9 Å². The molecule has 0 aliphatic carbocycles. The number of carbonyl (C=O) groups is 3. The fourth-order valence-corrected chi connectivity index (χ4v) is 3.03. The molecule has 1 heterocycles. The van der Waals surface area contributed by atoms with Gasteiger partial charge in [-0.1, -0.05) is 29.8 Å². The normalized spacial score (nSPS) is 11.6. The number of nitrogens with one attached hydrogen (secondary N) is 1. The first-order valence-electron chi connectivity index (χ1n) is 9.80. The smallest absolute Gasteiger partial charge is 0.361 e. The molecule has 8 nitrogen and oxygen atoms in total. The van der Waals surface area contributed by atoms with Crippen LogP contribution >= 0.6 is 0 Å². The summed E-state index contributed by atoms with van der Waals surface area (Å²) in [5, 5.41) is 11.2. The monoisotopic (exact) mass is 420 g/mol. The van der Waals surface area contributed by atoms with Crippen LogP contribution in [0.25, 0.3) is 5.69 Å². The lowest BCUT2D eigenvalue weighted by atomic mass is 10.1. The Kier molecular flexibility index (Phi) is 6.29. The number of benzene rings is 2. The summed E-state index contributed by atoms with van der Waals surface area (Å²) in [6, 6.07) is 12.4. The molecular weight excluding hydrogens is 396 g/mol. The predicted molar refractivity (Wildman–Crippen MR) is 116 cm³/mol. The second kappa shape index (κ2) is 8.91. The van der Waals surface area contributed by atoms with E-state index in [1.807, 2.05) is 32.0 Å². The van der Waals surface area contributed by atoms with Crippen molar-refractivity contribution >= 4 is 23.3 Å². The van der Waals surface area contributed by atoms with Crippen molar-refractivity contribution in [3.05, 3.63) is 70.5 Å². The summed E-state index contributed by atoms with van der Waals surface area (Å²) in [6.45, 7) is 8.49. The molecule has 0 saturated carbocycles. The molecule has 0 fully saturated rings. The molecule has 0 aliphatic heterocycles. The van der Waals surface area contributed by atoms with Gasteiger partial charge in [0.05, 0.1) is 11.4 Å². The largest absolute Gasteiger partial charge is 0.448 e. The second-order valence-corrected chi connectivity index (χ2v) is 7.39. The Morgan fingerprint density at radius 3 is 2.45 bits per heavy atom. The first-order valence-corrected chi connectivity index (χ1v) is 9.80. The highest BCUT2D eigenvalue weighted by atomic mass is 16.5. The quantitative estimate of drug-likeness (QED) is 0.483. The number of anilines is 1. The lowest BCUT2D eigenvalue weighted by molar-refractivity contribution is -0.123. The van der Waals surface area contributed by atoms with Gasteiger partial charge >= 0.3 is 5.97 Å². The van der Waals surface area contributed by atoms with E-state index in [4.69, 9.17) is 4.74 Å². The van der Waals surface area contributed by atoms with E-state index in [9.17, 15) is 14.4 Å². The van der Waals surface area contributed by atoms with Gasteiger partial charge in [-0.2, -0.15) is 9.90 Å². The minimum absolute atomic E-state index is 0.0400. The van der Waals surface area contributed by atoms with Crippen LogP contribution in [0.2, 0.25) is 0 Å². The van der Waals surface area contributed by atoms with Crippen molar-refractivity contribution in [2.45, 2.75) is 40.7 Å². The molecule has 1 atom stereocenters. The Hall–Kier alpha value is -3.81. The van der Waals surface area contributed by atoms with Crippen molar-refractivity contribution in [2.75, 3.05) is 5.32 Å². The number of carbonyl (C=O) groups excluding carboxylic acids is 3. The highest BCUT2D eigenvalue weighted by molar-refractivity contribution is 5.99. The van der Waals surface area contributed by atoms with Crippen LogP contribution in [-0.2, 0) is 9.53 Å². The van der Waals surface area contributed by atoms with E-state index in [-0.39, 0.29) is 11.5 Å². The van der Waals surface area contributed by atoms with Crippen LogP contribution in [0, 0.1) is 20.8 Å². The van der Waals surface area contributed by atoms with Gasteiger partial charge in [0.1, 0.15) is 0 Å². The summed E-state index contributed by atoms with van der Waals surface area (Å²) in [6.07, 6.45) is -1.07. The molecule has 0 spiro atoms. The van der Waals surface area contributed by atoms with Crippen LogP contribution in [-0.4, -0.2) is 38.8 Å². The lowest BCUT2D eigenvalue weighted by Crippen LogP contribution is -2.30. The van der Waals surface area contributed by atoms with Crippen LogP contribution in [0.1, 0.15) is 51.5 Å². The fraction of sp³-hybridized carbons (Fsp3) is 0.261. The number of esters is 1. The van der Waals surface area contributed by atoms with Crippen LogP contribution in [0.3, 0.4) is 0 Å². The number of amides is 1. The molecule has 0 aliphatic rings. The highest BCUT2D eigenvalue weighted by Gasteiger charge is 2.24. The molecule has 1 N–H and O–H groups in total. The first kappa shape index (κ1) is 21.9. The fourth-order valence-electron chi connectivity index (χ4n) is 3.03. The van der Waals surface area contributed by atoms with Crippen molar-refractivity contribution in [3.8, 4) is 5.69 Å². The highest BCUT2D eigenvalue weighted by Crippen LogP contribution is 2.16. The van der Waals surface area contributed by atoms with E-state index in [0.717, 1.165) is 16.8 Å². The summed E-state index contributed by atoms with van der Waals surface area (Å²) in [5.74, 6) is -1.37. The van der Waals surface area contributed by atoms with Gasteiger partial charge in [-0.3, -0.25) is 9.59 Å². The molecule has 0 bridgehead atoms. The minimum atomic E-state index is -1.07. The minimum Gasteiger partial charge on any atom is -0.448 e. The van der Waals surface area contributed by atoms with Crippen molar-refractivity contribution in [2.24, 2.45) is 0 Å². The zero-order chi connectivity index (χ0) is 22.7. The molecule has 0 saturated heterocycles. The number of hydrogen-bond acceptors (Lipinski definition) is 6. The molecule has 1 aromatic heterocycles. The van der Waals surface area contributed by atoms with Crippen LogP contribution in [0.15, 0.2) is 42.5 Å². The number of aromatic nitrogens is 3. The van der Waals surface area contributed by atoms with E-state index in [2.05, 4.69) is 15.5 Å². The van der Waals surface area contributed by atoms with Gasteiger partial charge in [0.15, 0.2) is 17.6 Å². The number of rotatable bonds is 6. The maximum absolute atomic E-state index is 12.6. The van der Waals surface area contributed by atoms with Crippen molar-refractivity contribution in [3.63, 3.8) is 0 Å². The first-order chi connectivity index (χ1) is 14.7. The number of ketones is 1. The molecule has 160 valence electrons. The van der Waals surface area contributed by atoms with Gasteiger partial charge in [-0.25, -0.2) is 4.79 Å². The molecule has 1 amide bonds. The summed E-state index contributed by atoms with van der Waals surface area (Å²) < 4.78 is 5.29. The molecular formula is C23H24N4O4. The summed E-state index contributed by atoms with van der Waals surface area (Å²) in [5.41, 5.74) is 4.18. The summed E-state index contributed by atoms with van der Waals surface area (Å²) in [4.78, 5) is 37.9. The van der Waals surface area contributed by atoms with Crippen LogP contribution in [0.4, 0.5) is 5.69 Å². The maximum atomic E-state index is 12.6. The topological polar surface area (TPSA) is 103 Å². The third-order valence-corrected chi connectivity index (χ3v) is 4.73. The van der Waals surface area contributed by atoms with Gasteiger partial charge < -0.3 is 10.1 Å². The van der Waals surface area contributed by atoms with Gasteiger partial charge in [0, 0.05) is 11.3 Å². The number of ether oxygens (including phenoxy) is 1. The van der Waals surface area contributed by atoms with Crippen LogP contribution in [0.5, 0.6) is 0 Å². The Labute approximate surface area is 180 Å². The van der Waals surface area contributed by atoms with Gasteiger partial charge in [-0.15, -0.1) is 5.10 Å². The van der Waals surface area contributed by atoms with Gasteiger partial charge in [0.2, 0.25) is 0 Å². The molecule has 3 aromatic rings. The zero-order valence-electron chi connectivity index (χ0n) is 18.1. The molecule has 0 unspecified atom stereocenters. The van der Waals surface area contributed by atoms with Gasteiger partial charge in [0.25, 0.3) is 5.91 Å². The Morgan fingerprint density at radius 1 is 1.03 bits per heavy atom. The predicted octanol–water partition coefficient (Wildman–Crippen LogP) is 3.58. The van der Waals surface area contributed by atoms with E-state index in [1.54, 1.807) is 31.2 Å². The van der Waals surface area contributed by atoms with Crippen LogP contribution < -0.4 is 5.32 Å². The zero-order valence-corrected chi connectivity index (χ0v) is 18.1. The maximum Gasteiger partial charge on any atom is 0.361 e. The second-order valence-electron chi connectivity index (χ2n) is 7.39. The average molecular weight is 420 g/mol. The molecule has 3 rings (SSSR count). The standard InChI is InChI=1S/C23H24N4O4/c1-13-9-10-20(14(2)11-13)27-25-15(3)21(26-27)23(30)31-17(5)22(29)24-19-8-6-7-18(12-19)16(4)28/h6-12,17H,1-5H3,(H,24,29)/t17-/m0/s1. The van der Waals surface area contributed by atoms with Crippen molar-refractivity contribution in [1.82, 2.24) is 15.0 Å². The van der Waals surface area contributed by atoms with E-state index >= 15 is 0 Å². The van der Waals surface area contributed by atoms with E-state index in [1.165, 1.54) is 18.6 Å². The third kappa shape index (κ3) is 5.03. The SMILES string of the molecule is CC(=O)c1cccc(NC(=O)[C@H](C)OC(=O)c2nn(-c3ccc(C)cc3C)nc2C)c1. The number of Topliss-reactive ketones (excluding diaryl/α,β-unsaturated/α-hetero) is 1. The lowest BCUT2D eigenvalue weighted by Gasteiger charge is -2.13. The van der Waals surface area contributed by atoms with Gasteiger partial charge in [-0.05, 0) is 58.4 Å². The Morgan fingerprint density at radius 2 is 1.77 bits per heavy atom. The molecule has 2 aromatic carbocycles. The molecule has 0 radical (unpaired) electrons. The third-order valence-electron chi connectivity index (χ3n) is 4.73. The Bertz CT molecular complexity index is 1170. The molecule has 8 heteroatoms. The average Bonchev–Trinajstić information content (AvgIpc) is 3.09.